The third-order valence-electron chi connectivity index (χ3n) is 3.86. The Morgan fingerprint density at radius 1 is 0.938 bits per heavy atom. The molecule has 1 saturated heterocycles. The summed E-state index contributed by atoms with van der Waals surface area (Å²) < 4.78 is 0. The number of hydrogen-bond donors (Lipinski definition) is 0. The van der Waals surface area contributed by atoms with Crippen LogP contribution in [0.5, 0.6) is 0 Å². The van der Waals surface area contributed by atoms with Crippen molar-refractivity contribution in [3.05, 3.63) is 48.0 Å². The summed E-state index contributed by atoms with van der Waals surface area (Å²) in [7, 11) is -0.784. The highest BCUT2D eigenvalue weighted by Crippen LogP contribution is 2.46. The van der Waals surface area contributed by atoms with Crippen molar-refractivity contribution in [1.29, 1.82) is 0 Å². The lowest BCUT2D eigenvalue weighted by atomic mass is 9.95. The molecule has 0 unspecified atom stereocenters. The summed E-state index contributed by atoms with van der Waals surface area (Å²) in [6, 6.07) is 18.5. The highest BCUT2D eigenvalue weighted by atomic mass is 28.3. The maximum absolute atomic E-state index is 2.51. The first-order valence-electron chi connectivity index (χ1n) is 6.13. The summed E-state index contributed by atoms with van der Waals surface area (Å²) in [5.74, 6) is 0.841. The molecule has 0 nitrogen and oxygen atoms in total. The number of hydrogen-bond acceptors (Lipinski definition) is 0. The lowest BCUT2D eigenvalue weighted by Crippen LogP contribution is -2.39. The zero-order chi connectivity index (χ0) is 11.2. The van der Waals surface area contributed by atoms with Gasteiger partial charge in [0, 0.05) is 8.07 Å². The molecule has 2 aromatic rings. The van der Waals surface area contributed by atoms with Crippen LogP contribution in [0.25, 0.3) is 10.8 Å². The van der Waals surface area contributed by atoms with Crippen LogP contribution >= 0.6 is 0 Å². The van der Waals surface area contributed by atoms with Crippen molar-refractivity contribution in [2.45, 2.75) is 31.1 Å². The minimum absolute atomic E-state index is 0.784. The molecule has 2 aromatic carbocycles. The molecule has 0 aliphatic carbocycles. The maximum Gasteiger partial charge on any atom is 0.0485 e. The Morgan fingerprint density at radius 3 is 2.38 bits per heavy atom. The lowest BCUT2D eigenvalue weighted by Gasteiger charge is -2.41. The van der Waals surface area contributed by atoms with Crippen LogP contribution in [0.2, 0.25) is 25.2 Å². The Balaban J connectivity index is 2.05. The molecule has 0 radical (unpaired) electrons. The second-order valence-corrected chi connectivity index (χ2v) is 11.0. The molecule has 0 bridgehead atoms. The predicted molar refractivity (Wildman–Crippen MR) is 73.8 cm³/mol. The van der Waals surface area contributed by atoms with Gasteiger partial charge < -0.3 is 0 Å². The number of benzene rings is 2. The summed E-state index contributed by atoms with van der Waals surface area (Å²) in [6.45, 7) is 5.02. The zero-order valence-electron chi connectivity index (χ0n) is 10.0. The van der Waals surface area contributed by atoms with Crippen LogP contribution in [0.15, 0.2) is 42.5 Å². The van der Waals surface area contributed by atoms with Crippen LogP contribution in [0.3, 0.4) is 0 Å². The average Bonchev–Trinajstić information content (AvgIpc) is 2.25. The van der Waals surface area contributed by atoms with E-state index in [4.69, 9.17) is 0 Å². The van der Waals surface area contributed by atoms with Crippen LogP contribution in [0, 0.1) is 0 Å². The normalized spacial score (nSPS) is 19.6. The smallest absolute Gasteiger partial charge is 0.0485 e. The van der Waals surface area contributed by atoms with Gasteiger partial charge in [0.2, 0.25) is 0 Å². The quantitative estimate of drug-likeness (QED) is 0.621. The summed E-state index contributed by atoms with van der Waals surface area (Å²) in [5, 5.41) is 2.87. The van der Waals surface area contributed by atoms with Crippen molar-refractivity contribution in [2.75, 3.05) is 0 Å². The van der Waals surface area contributed by atoms with E-state index in [1.165, 1.54) is 22.9 Å². The molecule has 0 amide bonds. The average molecular weight is 226 g/mol. The van der Waals surface area contributed by atoms with Gasteiger partial charge in [-0.3, -0.25) is 0 Å². The summed E-state index contributed by atoms with van der Waals surface area (Å²) in [5.41, 5.74) is 1.59. The molecule has 0 saturated carbocycles. The fraction of sp³-hybridized carbons (Fsp3) is 0.333. The highest BCUT2D eigenvalue weighted by molar-refractivity contribution is 6.80. The van der Waals surface area contributed by atoms with Gasteiger partial charge in [0.1, 0.15) is 0 Å². The Kier molecular flexibility index (Phi) is 2.18. The van der Waals surface area contributed by atoms with Crippen molar-refractivity contribution in [3.8, 4) is 0 Å². The van der Waals surface area contributed by atoms with Crippen molar-refractivity contribution >= 4 is 18.8 Å². The van der Waals surface area contributed by atoms with E-state index < -0.39 is 8.07 Å². The second-order valence-electron chi connectivity index (χ2n) is 5.84. The van der Waals surface area contributed by atoms with E-state index in [2.05, 4.69) is 55.6 Å². The molecule has 1 aliphatic heterocycles. The highest BCUT2D eigenvalue weighted by Gasteiger charge is 2.38. The van der Waals surface area contributed by atoms with E-state index in [9.17, 15) is 0 Å². The molecular formula is C15H18Si. The van der Waals surface area contributed by atoms with Crippen molar-refractivity contribution in [3.63, 3.8) is 0 Å². The fourth-order valence-electron chi connectivity index (χ4n) is 3.10. The molecule has 0 spiro atoms. The van der Waals surface area contributed by atoms with Gasteiger partial charge in [-0.25, -0.2) is 0 Å². The topological polar surface area (TPSA) is 0 Å². The minimum Gasteiger partial charge on any atom is -0.0693 e. The Hall–Kier alpha value is -1.08. The predicted octanol–water partition coefficient (Wildman–Crippen LogP) is 4.65. The van der Waals surface area contributed by atoms with Gasteiger partial charge in [-0.05, 0) is 22.3 Å². The lowest BCUT2D eigenvalue weighted by molar-refractivity contribution is 0.751. The number of rotatable bonds is 1. The molecule has 3 rings (SSSR count). The van der Waals surface area contributed by atoms with E-state index in [0.717, 1.165) is 5.92 Å². The van der Waals surface area contributed by atoms with Gasteiger partial charge >= 0.3 is 0 Å². The molecule has 1 heteroatoms. The number of fused-ring (bicyclic) bond motifs is 1. The third-order valence-corrected chi connectivity index (χ3v) is 7.06. The summed E-state index contributed by atoms with van der Waals surface area (Å²) in [6.07, 6.45) is 0. The van der Waals surface area contributed by atoms with E-state index in [-0.39, 0.29) is 0 Å². The molecule has 1 heterocycles. The fourth-order valence-corrected chi connectivity index (χ4v) is 6.09. The van der Waals surface area contributed by atoms with Crippen molar-refractivity contribution < 1.29 is 0 Å². The standard InChI is InChI=1S/C15H18Si/c1-16(2)10-13(11-16)15-9-5-7-12-6-3-4-8-14(12)15/h3-9,13H,10-11H2,1-2H3. The van der Waals surface area contributed by atoms with E-state index >= 15 is 0 Å². The Labute approximate surface area is 98.3 Å². The van der Waals surface area contributed by atoms with Crippen molar-refractivity contribution in [1.82, 2.24) is 0 Å². The van der Waals surface area contributed by atoms with Crippen LogP contribution in [-0.4, -0.2) is 8.07 Å². The van der Waals surface area contributed by atoms with Crippen LogP contribution in [0.4, 0.5) is 0 Å². The van der Waals surface area contributed by atoms with E-state index in [0.29, 0.717) is 0 Å². The van der Waals surface area contributed by atoms with Crippen LogP contribution < -0.4 is 0 Å². The first kappa shape index (κ1) is 10.1. The van der Waals surface area contributed by atoms with Gasteiger partial charge in [-0.2, -0.15) is 0 Å². The molecule has 1 aliphatic rings. The van der Waals surface area contributed by atoms with Gasteiger partial charge in [-0.1, -0.05) is 67.6 Å². The monoisotopic (exact) mass is 226 g/mol. The second kappa shape index (κ2) is 3.46. The summed E-state index contributed by atoms with van der Waals surface area (Å²) in [4.78, 5) is 0. The maximum atomic E-state index is 2.51. The third kappa shape index (κ3) is 1.59. The van der Waals surface area contributed by atoms with Gasteiger partial charge in [-0.15, -0.1) is 0 Å². The van der Waals surface area contributed by atoms with Crippen LogP contribution in [-0.2, 0) is 0 Å². The minimum atomic E-state index is -0.784. The molecule has 82 valence electrons. The SMILES string of the molecule is C[Si]1(C)CC(c2cccc3ccccc23)C1. The van der Waals surface area contributed by atoms with E-state index in [1.54, 1.807) is 5.56 Å². The van der Waals surface area contributed by atoms with E-state index in [1.807, 2.05) is 0 Å². The van der Waals surface area contributed by atoms with Gasteiger partial charge in [0.25, 0.3) is 0 Å². The van der Waals surface area contributed by atoms with Crippen molar-refractivity contribution in [2.24, 2.45) is 0 Å². The van der Waals surface area contributed by atoms with Gasteiger partial charge in [0.15, 0.2) is 0 Å². The molecule has 0 aromatic heterocycles. The molecule has 1 fully saturated rings. The Morgan fingerprint density at radius 2 is 1.62 bits per heavy atom. The molecule has 0 N–H and O–H groups in total. The first-order chi connectivity index (χ1) is 7.66. The Bertz CT molecular complexity index is 514. The molecule has 16 heavy (non-hydrogen) atoms. The molecule has 0 atom stereocenters. The summed E-state index contributed by atoms with van der Waals surface area (Å²) >= 11 is 0. The molecular weight excluding hydrogens is 208 g/mol. The zero-order valence-corrected chi connectivity index (χ0v) is 11.0. The largest absolute Gasteiger partial charge is 0.0693 e. The van der Waals surface area contributed by atoms with Crippen LogP contribution in [0.1, 0.15) is 11.5 Å². The van der Waals surface area contributed by atoms with Gasteiger partial charge in [0.05, 0.1) is 0 Å². The first-order valence-corrected chi connectivity index (χ1v) is 9.55.